The molecule has 0 bridgehead atoms. The van der Waals surface area contributed by atoms with Gasteiger partial charge in [-0.05, 0) is 67.5 Å². The predicted octanol–water partition coefficient (Wildman–Crippen LogP) is 4.75. The van der Waals surface area contributed by atoms with Crippen LogP contribution in [-0.4, -0.2) is 19.7 Å². The summed E-state index contributed by atoms with van der Waals surface area (Å²) in [7, 11) is 0. The van der Waals surface area contributed by atoms with Crippen molar-refractivity contribution in [3.05, 3.63) is 71.7 Å². The molecule has 1 aliphatic rings. The number of nitrogens with zero attached hydrogens (tertiary/aromatic N) is 4. The molecule has 0 unspecified atom stereocenters. The molecule has 0 saturated heterocycles. The van der Waals surface area contributed by atoms with Crippen molar-refractivity contribution in [3.63, 3.8) is 0 Å². The first-order valence-electron chi connectivity index (χ1n) is 9.43. The van der Waals surface area contributed by atoms with Crippen LogP contribution in [0.25, 0.3) is 16.7 Å². The van der Waals surface area contributed by atoms with Gasteiger partial charge in [0, 0.05) is 5.69 Å². The molecule has 2 aromatic carbocycles. The number of aromatic nitrogens is 4. The Hall–Kier alpha value is -3.21. The van der Waals surface area contributed by atoms with E-state index >= 15 is 0 Å². The van der Waals surface area contributed by atoms with Crippen LogP contribution >= 0.6 is 0 Å². The molecule has 0 saturated carbocycles. The van der Waals surface area contributed by atoms with E-state index in [1.54, 1.807) is 6.33 Å². The Morgan fingerprint density at radius 3 is 2.81 bits per heavy atom. The zero-order chi connectivity index (χ0) is 18.2. The minimum atomic E-state index is 0.804. The van der Waals surface area contributed by atoms with E-state index in [4.69, 9.17) is 0 Å². The third-order valence-electron chi connectivity index (χ3n) is 5.26. The molecule has 27 heavy (non-hydrogen) atoms. The van der Waals surface area contributed by atoms with Crippen LogP contribution in [0.2, 0.25) is 0 Å². The van der Waals surface area contributed by atoms with Crippen LogP contribution in [0.1, 0.15) is 29.5 Å². The van der Waals surface area contributed by atoms with Crippen molar-refractivity contribution in [2.75, 3.05) is 5.32 Å². The average molecular weight is 355 g/mol. The number of aryl methyl sites for hydroxylation is 2. The molecule has 0 aliphatic heterocycles. The molecule has 5 nitrogen and oxygen atoms in total. The van der Waals surface area contributed by atoms with Gasteiger partial charge in [-0.15, -0.1) is 0 Å². The number of anilines is 2. The first kappa shape index (κ1) is 16.0. The van der Waals surface area contributed by atoms with E-state index in [-0.39, 0.29) is 0 Å². The van der Waals surface area contributed by atoms with Crippen molar-refractivity contribution < 1.29 is 0 Å². The maximum atomic E-state index is 4.57. The molecule has 0 atom stereocenters. The van der Waals surface area contributed by atoms with Crippen molar-refractivity contribution in [2.45, 2.75) is 32.6 Å². The van der Waals surface area contributed by atoms with E-state index in [2.05, 4.69) is 57.6 Å². The summed E-state index contributed by atoms with van der Waals surface area (Å²) in [6.07, 6.45) is 8.25. The molecule has 2 aromatic heterocycles. The zero-order valence-electron chi connectivity index (χ0n) is 15.3. The topological polar surface area (TPSA) is 55.6 Å². The molecule has 2 heterocycles. The molecule has 0 spiro atoms. The van der Waals surface area contributed by atoms with Gasteiger partial charge in [0.05, 0.1) is 17.3 Å². The average Bonchev–Trinajstić information content (AvgIpc) is 3.13. The summed E-state index contributed by atoms with van der Waals surface area (Å²) >= 11 is 0. The van der Waals surface area contributed by atoms with E-state index in [9.17, 15) is 0 Å². The third-order valence-corrected chi connectivity index (χ3v) is 5.26. The summed E-state index contributed by atoms with van der Waals surface area (Å²) in [5.41, 5.74) is 7.03. The van der Waals surface area contributed by atoms with Gasteiger partial charge in [-0.25, -0.2) is 14.6 Å². The lowest BCUT2D eigenvalue weighted by molar-refractivity contribution is 0.687. The molecule has 134 valence electrons. The number of fused-ring (bicyclic) bond motifs is 2. The fraction of sp³-hybridized carbons (Fsp3) is 0.227. The van der Waals surface area contributed by atoms with Crippen LogP contribution in [-0.2, 0) is 12.8 Å². The van der Waals surface area contributed by atoms with Gasteiger partial charge >= 0.3 is 0 Å². The highest BCUT2D eigenvalue weighted by Gasteiger charge is 2.16. The molecule has 5 heteroatoms. The molecule has 1 aliphatic carbocycles. The molecular weight excluding hydrogens is 334 g/mol. The smallest absolute Gasteiger partial charge is 0.168 e. The minimum Gasteiger partial charge on any atom is -0.339 e. The van der Waals surface area contributed by atoms with Gasteiger partial charge in [-0.2, -0.15) is 5.10 Å². The summed E-state index contributed by atoms with van der Waals surface area (Å²) in [5.74, 6) is 0.804. The van der Waals surface area contributed by atoms with Crippen molar-refractivity contribution in [1.82, 2.24) is 19.7 Å². The summed E-state index contributed by atoms with van der Waals surface area (Å²) < 4.78 is 1.87. The van der Waals surface area contributed by atoms with Crippen LogP contribution in [0.15, 0.2) is 55.0 Å². The largest absolute Gasteiger partial charge is 0.339 e. The minimum absolute atomic E-state index is 0.804. The maximum absolute atomic E-state index is 4.57. The monoisotopic (exact) mass is 355 g/mol. The highest BCUT2D eigenvalue weighted by Crippen LogP contribution is 2.31. The van der Waals surface area contributed by atoms with Gasteiger partial charge in [-0.3, -0.25) is 0 Å². The Kier molecular flexibility index (Phi) is 3.85. The fourth-order valence-corrected chi connectivity index (χ4v) is 3.92. The third kappa shape index (κ3) is 2.85. The molecule has 0 amide bonds. The Labute approximate surface area is 158 Å². The number of benzene rings is 2. The van der Waals surface area contributed by atoms with Crippen LogP contribution in [0.5, 0.6) is 0 Å². The number of rotatable bonds is 3. The van der Waals surface area contributed by atoms with E-state index in [1.165, 1.54) is 29.5 Å². The molecule has 5 rings (SSSR count). The second-order valence-electron chi connectivity index (χ2n) is 7.13. The Morgan fingerprint density at radius 2 is 1.89 bits per heavy atom. The van der Waals surface area contributed by atoms with Crippen LogP contribution in [0, 0.1) is 6.92 Å². The van der Waals surface area contributed by atoms with Gasteiger partial charge in [0.15, 0.2) is 5.65 Å². The summed E-state index contributed by atoms with van der Waals surface area (Å²) in [4.78, 5) is 8.99. The molecule has 0 fully saturated rings. The molecule has 4 aromatic rings. The van der Waals surface area contributed by atoms with E-state index in [0.29, 0.717) is 0 Å². The van der Waals surface area contributed by atoms with Gasteiger partial charge in [0.25, 0.3) is 0 Å². The predicted molar refractivity (Wildman–Crippen MR) is 108 cm³/mol. The first-order valence-corrected chi connectivity index (χ1v) is 9.43. The lowest BCUT2D eigenvalue weighted by Crippen LogP contribution is -2.07. The Morgan fingerprint density at radius 1 is 1.00 bits per heavy atom. The zero-order valence-corrected chi connectivity index (χ0v) is 15.3. The molecule has 1 N–H and O–H groups in total. The van der Waals surface area contributed by atoms with Crippen molar-refractivity contribution in [2.24, 2.45) is 0 Å². The summed E-state index contributed by atoms with van der Waals surface area (Å²) in [5, 5.41) is 9.04. The van der Waals surface area contributed by atoms with E-state index < -0.39 is 0 Å². The van der Waals surface area contributed by atoms with Gasteiger partial charge in [-0.1, -0.05) is 24.3 Å². The lowest BCUT2D eigenvalue weighted by Gasteiger charge is -2.20. The standard InChI is InChI=1S/C22H21N5/c1-15-6-4-9-17(12-15)27-22-19(13-25-27)21(23-14-24-22)26-20-11-5-8-16-7-2-3-10-18(16)20/h4-6,8-9,11-14H,2-3,7,10H2,1H3,(H,23,24,26). The molecular formula is C22H21N5. The fourth-order valence-electron chi connectivity index (χ4n) is 3.92. The number of hydrogen-bond acceptors (Lipinski definition) is 4. The lowest BCUT2D eigenvalue weighted by atomic mass is 9.90. The molecule has 0 radical (unpaired) electrons. The normalized spacial score (nSPS) is 13.5. The van der Waals surface area contributed by atoms with E-state index in [0.717, 1.165) is 41.1 Å². The highest BCUT2D eigenvalue weighted by molar-refractivity contribution is 5.89. The van der Waals surface area contributed by atoms with Crippen LogP contribution in [0.4, 0.5) is 11.5 Å². The second kappa shape index (κ2) is 6.50. The quantitative estimate of drug-likeness (QED) is 0.576. The van der Waals surface area contributed by atoms with Crippen LogP contribution in [0.3, 0.4) is 0 Å². The van der Waals surface area contributed by atoms with Gasteiger partial charge in [0.2, 0.25) is 0 Å². The van der Waals surface area contributed by atoms with Crippen molar-refractivity contribution >= 4 is 22.5 Å². The SMILES string of the molecule is Cc1cccc(-n2ncc3c(Nc4cccc5c4CCCC5)ncnc32)c1. The Balaban J connectivity index is 1.58. The van der Waals surface area contributed by atoms with Crippen LogP contribution < -0.4 is 5.32 Å². The number of nitrogens with one attached hydrogen (secondary N) is 1. The second-order valence-corrected chi connectivity index (χ2v) is 7.13. The van der Waals surface area contributed by atoms with Crippen molar-refractivity contribution in [3.8, 4) is 5.69 Å². The first-order chi connectivity index (χ1) is 13.3. The summed E-state index contributed by atoms with van der Waals surface area (Å²) in [6.45, 7) is 2.08. The number of hydrogen-bond donors (Lipinski definition) is 1. The maximum Gasteiger partial charge on any atom is 0.168 e. The van der Waals surface area contributed by atoms with Gasteiger partial charge in [0.1, 0.15) is 12.1 Å². The van der Waals surface area contributed by atoms with Crippen molar-refractivity contribution in [1.29, 1.82) is 0 Å². The van der Waals surface area contributed by atoms with E-state index in [1.807, 2.05) is 23.0 Å². The van der Waals surface area contributed by atoms with Gasteiger partial charge < -0.3 is 5.32 Å². The highest BCUT2D eigenvalue weighted by atomic mass is 15.3. The summed E-state index contributed by atoms with van der Waals surface area (Å²) in [6, 6.07) is 14.8. The Bertz CT molecular complexity index is 1130.